The van der Waals surface area contributed by atoms with Gasteiger partial charge in [-0.15, -0.1) is 0 Å². The lowest BCUT2D eigenvalue weighted by atomic mass is 9.83. The first-order valence-electron chi connectivity index (χ1n) is 5.97. The fourth-order valence-electron chi connectivity index (χ4n) is 1.56. The minimum absolute atomic E-state index is 0.518. The van der Waals surface area contributed by atoms with Crippen LogP contribution in [0.1, 0.15) is 47.0 Å². The topological polar surface area (TPSA) is 12.0 Å². The lowest BCUT2D eigenvalue weighted by molar-refractivity contribution is 0.270. The van der Waals surface area contributed by atoms with E-state index in [1.54, 1.807) is 0 Å². The molecule has 0 saturated heterocycles. The standard InChI is InChI=1S/C12H27NS/c1-5-12(4,11-13-6-2)9-8-10-14-7-3/h13H,5-11H2,1-4H3. The van der Waals surface area contributed by atoms with E-state index in [-0.39, 0.29) is 0 Å². The molecule has 0 bridgehead atoms. The van der Waals surface area contributed by atoms with Crippen molar-refractivity contribution in [2.75, 3.05) is 24.6 Å². The van der Waals surface area contributed by atoms with Crippen LogP contribution in [0.3, 0.4) is 0 Å². The van der Waals surface area contributed by atoms with E-state index in [1.807, 2.05) is 0 Å². The predicted octanol–water partition coefficient (Wildman–Crippen LogP) is 3.55. The highest BCUT2D eigenvalue weighted by Gasteiger charge is 2.20. The van der Waals surface area contributed by atoms with Crippen LogP contribution in [-0.4, -0.2) is 24.6 Å². The van der Waals surface area contributed by atoms with Gasteiger partial charge in [-0.25, -0.2) is 0 Å². The summed E-state index contributed by atoms with van der Waals surface area (Å²) in [6, 6.07) is 0. The second-order valence-corrected chi connectivity index (χ2v) is 5.64. The van der Waals surface area contributed by atoms with E-state index in [4.69, 9.17) is 0 Å². The molecule has 1 nitrogen and oxygen atoms in total. The third-order valence-electron chi connectivity index (χ3n) is 2.93. The van der Waals surface area contributed by atoms with Gasteiger partial charge in [0.1, 0.15) is 0 Å². The van der Waals surface area contributed by atoms with Gasteiger partial charge in [0, 0.05) is 6.54 Å². The maximum absolute atomic E-state index is 3.47. The van der Waals surface area contributed by atoms with E-state index in [2.05, 4.69) is 44.8 Å². The smallest absolute Gasteiger partial charge is 0.000495 e. The second-order valence-electron chi connectivity index (χ2n) is 4.25. The molecule has 0 rings (SSSR count). The largest absolute Gasteiger partial charge is 0.316 e. The molecule has 14 heavy (non-hydrogen) atoms. The van der Waals surface area contributed by atoms with Crippen molar-refractivity contribution in [3.63, 3.8) is 0 Å². The molecule has 0 radical (unpaired) electrons. The average molecular weight is 217 g/mol. The molecule has 1 atom stereocenters. The van der Waals surface area contributed by atoms with Crippen LogP contribution in [0.15, 0.2) is 0 Å². The Morgan fingerprint density at radius 3 is 2.43 bits per heavy atom. The highest BCUT2D eigenvalue weighted by molar-refractivity contribution is 7.99. The van der Waals surface area contributed by atoms with E-state index in [0.717, 1.165) is 6.54 Å². The van der Waals surface area contributed by atoms with Gasteiger partial charge < -0.3 is 5.32 Å². The van der Waals surface area contributed by atoms with E-state index in [9.17, 15) is 0 Å². The normalized spacial score (nSPS) is 15.4. The predicted molar refractivity (Wildman–Crippen MR) is 69.2 cm³/mol. The molecule has 0 spiro atoms. The molecule has 0 aliphatic heterocycles. The van der Waals surface area contributed by atoms with Crippen LogP contribution in [0.4, 0.5) is 0 Å². The Kier molecular flexibility index (Phi) is 8.80. The van der Waals surface area contributed by atoms with Gasteiger partial charge in [-0.05, 0) is 42.7 Å². The molecule has 0 aromatic heterocycles. The molecular weight excluding hydrogens is 190 g/mol. The van der Waals surface area contributed by atoms with Crippen molar-refractivity contribution in [2.24, 2.45) is 5.41 Å². The third-order valence-corrected chi connectivity index (χ3v) is 3.91. The van der Waals surface area contributed by atoms with Crippen LogP contribution < -0.4 is 5.32 Å². The van der Waals surface area contributed by atoms with Crippen LogP contribution in [0, 0.1) is 5.41 Å². The van der Waals surface area contributed by atoms with Crippen molar-refractivity contribution < 1.29 is 0 Å². The van der Waals surface area contributed by atoms with Crippen molar-refractivity contribution >= 4 is 11.8 Å². The quantitative estimate of drug-likeness (QED) is 0.593. The van der Waals surface area contributed by atoms with Crippen molar-refractivity contribution in [2.45, 2.75) is 47.0 Å². The van der Waals surface area contributed by atoms with Crippen LogP contribution in [0.25, 0.3) is 0 Å². The lowest BCUT2D eigenvalue weighted by Gasteiger charge is -2.28. The molecule has 0 aliphatic rings. The van der Waals surface area contributed by atoms with Gasteiger partial charge in [-0.1, -0.05) is 27.7 Å². The highest BCUT2D eigenvalue weighted by atomic mass is 32.2. The summed E-state index contributed by atoms with van der Waals surface area (Å²) in [5.41, 5.74) is 0.518. The van der Waals surface area contributed by atoms with E-state index in [1.165, 1.54) is 37.3 Å². The summed E-state index contributed by atoms with van der Waals surface area (Å²) in [4.78, 5) is 0. The minimum atomic E-state index is 0.518. The summed E-state index contributed by atoms with van der Waals surface area (Å²) in [6.45, 7) is 11.4. The molecule has 86 valence electrons. The third kappa shape index (κ3) is 6.72. The summed E-state index contributed by atoms with van der Waals surface area (Å²) in [6.07, 6.45) is 4.02. The van der Waals surface area contributed by atoms with Crippen molar-refractivity contribution in [1.82, 2.24) is 5.32 Å². The average Bonchev–Trinajstić information content (AvgIpc) is 2.22. The maximum Gasteiger partial charge on any atom is 0.000495 e. The van der Waals surface area contributed by atoms with Gasteiger partial charge in [-0.3, -0.25) is 0 Å². The van der Waals surface area contributed by atoms with Gasteiger partial charge in [-0.2, -0.15) is 11.8 Å². The first kappa shape index (κ1) is 14.3. The number of hydrogen-bond acceptors (Lipinski definition) is 2. The monoisotopic (exact) mass is 217 g/mol. The number of nitrogens with one attached hydrogen (secondary N) is 1. The SMILES string of the molecule is CCNCC(C)(CC)CCCSCC. The molecule has 0 fully saturated rings. The fourth-order valence-corrected chi connectivity index (χ4v) is 2.20. The Labute approximate surface area is 94.4 Å². The fraction of sp³-hybridized carbons (Fsp3) is 1.00. The van der Waals surface area contributed by atoms with Crippen LogP contribution in [0.2, 0.25) is 0 Å². The number of thioether (sulfide) groups is 1. The Bertz CT molecular complexity index is 127. The zero-order chi connectivity index (χ0) is 10.9. The summed E-state index contributed by atoms with van der Waals surface area (Å²) in [5.74, 6) is 2.59. The molecular formula is C12H27NS. The van der Waals surface area contributed by atoms with Crippen LogP contribution in [0.5, 0.6) is 0 Å². The van der Waals surface area contributed by atoms with Crippen LogP contribution >= 0.6 is 11.8 Å². The van der Waals surface area contributed by atoms with Gasteiger partial charge in [0.05, 0.1) is 0 Å². The molecule has 0 aromatic carbocycles. The van der Waals surface area contributed by atoms with Gasteiger partial charge >= 0.3 is 0 Å². The Hall–Kier alpha value is 0.310. The Morgan fingerprint density at radius 2 is 1.93 bits per heavy atom. The first-order chi connectivity index (χ1) is 6.68. The van der Waals surface area contributed by atoms with Gasteiger partial charge in [0.25, 0.3) is 0 Å². The van der Waals surface area contributed by atoms with Crippen molar-refractivity contribution in [3.05, 3.63) is 0 Å². The highest BCUT2D eigenvalue weighted by Crippen LogP contribution is 2.27. The summed E-state index contributed by atoms with van der Waals surface area (Å²) in [5, 5.41) is 3.47. The molecule has 1 N–H and O–H groups in total. The van der Waals surface area contributed by atoms with Crippen molar-refractivity contribution in [1.29, 1.82) is 0 Å². The molecule has 0 saturated carbocycles. The molecule has 1 unspecified atom stereocenters. The van der Waals surface area contributed by atoms with Crippen molar-refractivity contribution in [3.8, 4) is 0 Å². The summed E-state index contributed by atoms with van der Waals surface area (Å²) < 4.78 is 0. The summed E-state index contributed by atoms with van der Waals surface area (Å²) >= 11 is 2.06. The zero-order valence-electron chi connectivity index (χ0n) is 10.4. The van der Waals surface area contributed by atoms with E-state index in [0.29, 0.717) is 5.41 Å². The Morgan fingerprint density at radius 1 is 1.21 bits per heavy atom. The Balaban J connectivity index is 3.63. The second kappa shape index (κ2) is 8.60. The number of rotatable bonds is 9. The molecule has 0 amide bonds. The summed E-state index contributed by atoms with van der Waals surface area (Å²) in [7, 11) is 0. The number of hydrogen-bond donors (Lipinski definition) is 1. The zero-order valence-corrected chi connectivity index (χ0v) is 11.2. The maximum atomic E-state index is 3.47. The lowest BCUT2D eigenvalue weighted by Crippen LogP contribution is -2.31. The molecule has 0 heterocycles. The van der Waals surface area contributed by atoms with Gasteiger partial charge in [0.15, 0.2) is 0 Å². The molecule has 0 aromatic rings. The van der Waals surface area contributed by atoms with Gasteiger partial charge in [0.2, 0.25) is 0 Å². The first-order valence-corrected chi connectivity index (χ1v) is 7.12. The molecule has 0 aliphatic carbocycles. The van der Waals surface area contributed by atoms with E-state index >= 15 is 0 Å². The van der Waals surface area contributed by atoms with Crippen LogP contribution in [-0.2, 0) is 0 Å². The minimum Gasteiger partial charge on any atom is -0.316 e. The molecule has 2 heteroatoms. The van der Waals surface area contributed by atoms with E-state index < -0.39 is 0 Å².